The van der Waals surface area contributed by atoms with Gasteiger partial charge in [0.25, 0.3) is 0 Å². The highest BCUT2D eigenvalue weighted by molar-refractivity contribution is 7.09. The lowest BCUT2D eigenvalue weighted by Crippen LogP contribution is -2.41. The van der Waals surface area contributed by atoms with Crippen LogP contribution in [-0.4, -0.2) is 34.8 Å². The molecule has 21 heavy (non-hydrogen) atoms. The van der Waals surface area contributed by atoms with Crippen LogP contribution >= 0.6 is 11.3 Å². The molecule has 0 saturated carbocycles. The molecule has 6 heteroatoms. The van der Waals surface area contributed by atoms with E-state index in [4.69, 9.17) is 0 Å². The largest absolute Gasteiger partial charge is 0.355 e. The molecule has 0 aliphatic heterocycles. The Hall–Kier alpha value is -1.66. The molecule has 0 aliphatic carbocycles. The first-order valence-corrected chi connectivity index (χ1v) is 8.06. The number of hydrogen-bond donors (Lipinski definition) is 2. The smallest absolute Gasteiger partial charge is 0.233 e. The number of rotatable bonds is 8. The Balaban J connectivity index is 1.64. The van der Waals surface area contributed by atoms with Crippen LogP contribution in [0.25, 0.3) is 0 Å². The third-order valence-corrected chi connectivity index (χ3v) is 4.46. The van der Waals surface area contributed by atoms with Crippen molar-refractivity contribution >= 4 is 17.2 Å². The van der Waals surface area contributed by atoms with Crippen molar-refractivity contribution < 1.29 is 4.79 Å². The molecule has 2 heterocycles. The highest BCUT2D eigenvalue weighted by Gasteiger charge is 2.14. The molecular formula is C15H22N4OS. The van der Waals surface area contributed by atoms with Crippen molar-refractivity contribution in [2.75, 3.05) is 13.1 Å². The first-order valence-electron chi connectivity index (χ1n) is 7.18. The quantitative estimate of drug-likeness (QED) is 0.782. The Kier molecular flexibility index (Phi) is 5.95. The molecule has 2 atom stereocenters. The first kappa shape index (κ1) is 15.7. The van der Waals surface area contributed by atoms with Crippen LogP contribution in [-0.2, 0) is 11.2 Å². The van der Waals surface area contributed by atoms with Crippen LogP contribution in [0.4, 0.5) is 0 Å². The summed E-state index contributed by atoms with van der Waals surface area (Å²) in [6, 6.07) is 6.40. The molecule has 2 aromatic rings. The Morgan fingerprint density at radius 2 is 2.29 bits per heavy atom. The summed E-state index contributed by atoms with van der Waals surface area (Å²) in [6.45, 7) is 5.16. The third-order valence-electron chi connectivity index (χ3n) is 3.52. The summed E-state index contributed by atoms with van der Waals surface area (Å²) in [7, 11) is 0. The van der Waals surface area contributed by atoms with Gasteiger partial charge in [-0.25, -0.2) is 0 Å². The molecule has 0 radical (unpaired) electrons. The predicted molar refractivity (Wildman–Crippen MR) is 85.4 cm³/mol. The van der Waals surface area contributed by atoms with Crippen LogP contribution in [0.2, 0.25) is 0 Å². The van der Waals surface area contributed by atoms with Crippen LogP contribution in [0.5, 0.6) is 0 Å². The predicted octanol–water partition coefficient (Wildman–Crippen LogP) is 1.84. The van der Waals surface area contributed by atoms with Gasteiger partial charge in [0.1, 0.15) is 0 Å². The molecule has 1 amide bonds. The van der Waals surface area contributed by atoms with Gasteiger partial charge < -0.3 is 10.6 Å². The van der Waals surface area contributed by atoms with Gasteiger partial charge in [-0.15, -0.1) is 11.3 Å². The van der Waals surface area contributed by atoms with E-state index < -0.39 is 0 Å². The van der Waals surface area contributed by atoms with Gasteiger partial charge in [0, 0.05) is 29.9 Å². The van der Waals surface area contributed by atoms with E-state index >= 15 is 0 Å². The standard InChI is InChI=1S/C15H22N4OS/c1-12(13(2)19-9-4-7-18-19)17-11-15(20)16-8-6-14-5-3-10-21-14/h3-5,7,9-10,12-13,17H,6,8,11H2,1-2H3,(H,16,20)/t12-,13-/m1/s1. The molecule has 114 valence electrons. The van der Waals surface area contributed by atoms with Gasteiger partial charge in [-0.05, 0) is 37.8 Å². The SMILES string of the molecule is C[C@H]([C@@H](C)NCC(=O)NCCc1cccs1)n1cccn1. The molecule has 5 nitrogen and oxygen atoms in total. The normalized spacial score (nSPS) is 13.8. The molecule has 2 rings (SSSR count). The van der Waals surface area contributed by atoms with Gasteiger partial charge in [-0.2, -0.15) is 5.10 Å². The van der Waals surface area contributed by atoms with E-state index in [9.17, 15) is 4.79 Å². The van der Waals surface area contributed by atoms with Gasteiger partial charge in [0.05, 0.1) is 12.6 Å². The van der Waals surface area contributed by atoms with E-state index in [1.165, 1.54) is 4.88 Å². The van der Waals surface area contributed by atoms with E-state index in [0.717, 1.165) is 6.42 Å². The highest BCUT2D eigenvalue weighted by atomic mass is 32.1. The van der Waals surface area contributed by atoms with E-state index in [2.05, 4.69) is 41.0 Å². The molecule has 0 fully saturated rings. The van der Waals surface area contributed by atoms with Crippen molar-refractivity contribution in [3.8, 4) is 0 Å². The summed E-state index contributed by atoms with van der Waals surface area (Å²) < 4.78 is 1.90. The fraction of sp³-hybridized carbons (Fsp3) is 0.467. The monoisotopic (exact) mass is 306 g/mol. The Morgan fingerprint density at radius 1 is 1.43 bits per heavy atom. The summed E-state index contributed by atoms with van der Waals surface area (Å²) in [6.07, 6.45) is 4.59. The number of aromatic nitrogens is 2. The second-order valence-corrected chi connectivity index (χ2v) is 6.11. The molecule has 0 spiro atoms. The lowest BCUT2D eigenvalue weighted by Gasteiger charge is -2.21. The Morgan fingerprint density at radius 3 is 2.95 bits per heavy atom. The lowest BCUT2D eigenvalue weighted by atomic mass is 10.2. The van der Waals surface area contributed by atoms with Crippen LogP contribution in [0.1, 0.15) is 24.8 Å². The van der Waals surface area contributed by atoms with Crippen molar-refractivity contribution in [1.82, 2.24) is 20.4 Å². The van der Waals surface area contributed by atoms with Gasteiger partial charge in [-0.1, -0.05) is 6.07 Å². The topological polar surface area (TPSA) is 59.0 Å². The molecule has 0 aromatic carbocycles. The average molecular weight is 306 g/mol. The second kappa shape index (κ2) is 7.95. The van der Waals surface area contributed by atoms with Gasteiger partial charge in [0.15, 0.2) is 0 Å². The van der Waals surface area contributed by atoms with Crippen LogP contribution in [0, 0.1) is 0 Å². The number of amides is 1. The molecule has 0 bridgehead atoms. The summed E-state index contributed by atoms with van der Waals surface area (Å²) in [4.78, 5) is 13.1. The first-order chi connectivity index (χ1) is 10.2. The Labute approximate surface area is 129 Å². The van der Waals surface area contributed by atoms with Crippen LogP contribution < -0.4 is 10.6 Å². The second-order valence-electron chi connectivity index (χ2n) is 5.08. The minimum absolute atomic E-state index is 0.0334. The summed E-state index contributed by atoms with van der Waals surface area (Å²) in [5, 5.41) is 12.4. The van der Waals surface area contributed by atoms with Crippen molar-refractivity contribution in [1.29, 1.82) is 0 Å². The van der Waals surface area contributed by atoms with E-state index in [0.29, 0.717) is 13.1 Å². The lowest BCUT2D eigenvalue weighted by molar-refractivity contribution is -0.120. The highest BCUT2D eigenvalue weighted by Crippen LogP contribution is 2.09. The number of hydrogen-bond acceptors (Lipinski definition) is 4. The van der Waals surface area contributed by atoms with Crippen LogP contribution in [0.15, 0.2) is 36.0 Å². The molecule has 0 aliphatic rings. The fourth-order valence-corrected chi connectivity index (χ4v) is 2.73. The Bertz CT molecular complexity index is 524. The maximum Gasteiger partial charge on any atom is 0.233 e. The zero-order chi connectivity index (χ0) is 15.1. The maximum atomic E-state index is 11.8. The summed E-state index contributed by atoms with van der Waals surface area (Å²) >= 11 is 1.72. The van der Waals surface area contributed by atoms with Gasteiger partial charge in [-0.3, -0.25) is 9.48 Å². The van der Waals surface area contributed by atoms with Gasteiger partial charge in [0.2, 0.25) is 5.91 Å². The third kappa shape index (κ3) is 4.99. The number of thiophene rings is 1. The van der Waals surface area contributed by atoms with E-state index in [1.807, 2.05) is 23.0 Å². The fourth-order valence-electron chi connectivity index (χ4n) is 2.02. The number of nitrogens with one attached hydrogen (secondary N) is 2. The van der Waals surface area contributed by atoms with Crippen LogP contribution in [0.3, 0.4) is 0 Å². The zero-order valence-electron chi connectivity index (χ0n) is 12.5. The summed E-state index contributed by atoms with van der Waals surface area (Å²) in [5.74, 6) is 0.0334. The average Bonchev–Trinajstić information content (AvgIpc) is 3.16. The molecule has 0 saturated heterocycles. The van der Waals surface area contributed by atoms with Gasteiger partial charge >= 0.3 is 0 Å². The van der Waals surface area contributed by atoms with Crippen molar-refractivity contribution in [2.45, 2.75) is 32.4 Å². The van der Waals surface area contributed by atoms with Crippen molar-refractivity contribution in [3.63, 3.8) is 0 Å². The number of nitrogens with zero attached hydrogens (tertiary/aromatic N) is 2. The molecule has 2 N–H and O–H groups in total. The number of carbonyl (C=O) groups excluding carboxylic acids is 1. The summed E-state index contributed by atoms with van der Waals surface area (Å²) in [5.41, 5.74) is 0. The van der Waals surface area contributed by atoms with E-state index in [1.54, 1.807) is 17.5 Å². The number of carbonyl (C=O) groups is 1. The molecule has 0 unspecified atom stereocenters. The minimum Gasteiger partial charge on any atom is -0.355 e. The van der Waals surface area contributed by atoms with E-state index in [-0.39, 0.29) is 18.0 Å². The molecule has 2 aromatic heterocycles. The van der Waals surface area contributed by atoms with Crippen molar-refractivity contribution in [2.24, 2.45) is 0 Å². The zero-order valence-corrected chi connectivity index (χ0v) is 13.3. The van der Waals surface area contributed by atoms with Crippen molar-refractivity contribution in [3.05, 3.63) is 40.8 Å². The molecular weight excluding hydrogens is 284 g/mol. The maximum absolute atomic E-state index is 11.8. The minimum atomic E-state index is 0.0334.